The van der Waals surface area contributed by atoms with Crippen LogP contribution in [0.25, 0.3) is 32.7 Å². The molecule has 9 amide bonds. The van der Waals surface area contributed by atoms with Crippen molar-refractivity contribution in [1.82, 2.24) is 30.9 Å². The van der Waals surface area contributed by atoms with Crippen LogP contribution in [0.2, 0.25) is 0 Å². The van der Waals surface area contributed by atoms with Gasteiger partial charge in [0.15, 0.2) is 0 Å². The number of H-pyrrole nitrogens is 3. The van der Waals surface area contributed by atoms with Crippen LogP contribution >= 0.6 is 0 Å². The van der Waals surface area contributed by atoms with Gasteiger partial charge in [0.05, 0.1) is 40.6 Å². The molecule has 3 heterocycles. The van der Waals surface area contributed by atoms with E-state index in [2.05, 4.69) is 46.9 Å². The Morgan fingerprint density at radius 3 is 0.872 bits per heavy atom. The number of carbonyl (C=O) groups excluding carboxylic acids is 9. The molecule has 488 valence electrons. The molecule has 24 nitrogen and oxygen atoms in total. The van der Waals surface area contributed by atoms with Crippen molar-refractivity contribution in [3.05, 3.63) is 178 Å². The molecule has 0 radical (unpaired) electrons. The number of aromatic nitrogens is 3. The van der Waals surface area contributed by atoms with E-state index >= 15 is 0 Å². The number of primary amides is 3. The number of aryl methyl sites for hydroxylation is 3. The van der Waals surface area contributed by atoms with E-state index in [4.69, 9.17) is 31.4 Å². The summed E-state index contributed by atoms with van der Waals surface area (Å²) in [6, 6.07) is 34.0. The van der Waals surface area contributed by atoms with Gasteiger partial charge in [-0.3, -0.25) is 43.2 Å². The van der Waals surface area contributed by atoms with Crippen molar-refractivity contribution in [3.63, 3.8) is 0 Å². The number of rotatable bonds is 30. The first-order valence-electron chi connectivity index (χ1n) is 30.5. The van der Waals surface area contributed by atoms with Crippen LogP contribution in [-0.4, -0.2) is 108 Å². The highest BCUT2D eigenvalue weighted by molar-refractivity contribution is 6.01. The summed E-state index contributed by atoms with van der Waals surface area (Å²) in [6.45, 7) is 5.54. The first kappa shape index (κ1) is 67.0. The second-order valence-electron chi connectivity index (χ2n) is 23.1. The molecule has 24 heteroatoms. The smallest absolute Gasteiger partial charge is 0.246 e. The molecule has 6 aromatic carbocycles. The summed E-state index contributed by atoms with van der Waals surface area (Å²) in [7, 11) is 4.65. The molecule has 15 N–H and O–H groups in total. The summed E-state index contributed by atoms with van der Waals surface area (Å²) in [5.74, 6) is -3.82. The quantitative estimate of drug-likeness (QED) is 0.0201. The second-order valence-corrected chi connectivity index (χ2v) is 23.1. The number of nitrogens with two attached hydrogens (primary N) is 3. The third-order valence-electron chi connectivity index (χ3n) is 16.5. The van der Waals surface area contributed by atoms with E-state index in [1.165, 1.54) is 0 Å². The van der Waals surface area contributed by atoms with Crippen molar-refractivity contribution in [1.29, 1.82) is 0 Å². The van der Waals surface area contributed by atoms with Gasteiger partial charge in [-0.1, -0.05) is 36.4 Å². The van der Waals surface area contributed by atoms with Gasteiger partial charge in [0.25, 0.3) is 0 Å². The Bertz CT molecular complexity index is 3890. The zero-order valence-electron chi connectivity index (χ0n) is 52.9. The monoisotopic (exact) mass is 1280 g/mol. The summed E-state index contributed by atoms with van der Waals surface area (Å²) in [6.07, 6.45) is -0.993. The van der Waals surface area contributed by atoms with Crippen LogP contribution in [0.4, 0.5) is 17.1 Å². The van der Waals surface area contributed by atoms with Gasteiger partial charge in [0, 0.05) is 92.0 Å². The fourth-order valence-corrected chi connectivity index (χ4v) is 11.6. The van der Waals surface area contributed by atoms with Crippen molar-refractivity contribution in [2.45, 2.75) is 103 Å². The normalized spacial score (nSPS) is 12.2. The number of carbonyl (C=O) groups is 9. The van der Waals surface area contributed by atoms with Crippen LogP contribution in [-0.2, 0) is 62.4 Å². The Morgan fingerprint density at radius 2 is 0.638 bits per heavy atom. The minimum atomic E-state index is -1.14. The number of anilines is 3. The Hall–Kier alpha value is -11.4. The summed E-state index contributed by atoms with van der Waals surface area (Å²) < 4.78 is 16.2. The topological polar surface area (TPSA) is 379 Å². The Morgan fingerprint density at radius 1 is 0.383 bits per heavy atom. The van der Waals surface area contributed by atoms with Crippen LogP contribution in [0.1, 0.15) is 94.9 Å². The summed E-state index contributed by atoms with van der Waals surface area (Å²) in [5.41, 5.74) is 26.7. The first-order valence-corrected chi connectivity index (χ1v) is 30.5. The van der Waals surface area contributed by atoms with Gasteiger partial charge >= 0.3 is 0 Å². The number of benzene rings is 6. The first-order chi connectivity index (χ1) is 45.1. The van der Waals surface area contributed by atoms with Gasteiger partial charge in [-0.25, -0.2) is 0 Å². The van der Waals surface area contributed by atoms with Crippen molar-refractivity contribution >= 4 is 103 Å². The lowest BCUT2D eigenvalue weighted by atomic mass is 9.85. The van der Waals surface area contributed by atoms with Gasteiger partial charge in [-0.15, -0.1) is 0 Å². The maximum absolute atomic E-state index is 14.1. The number of hydrogen-bond acceptors (Lipinski definition) is 12. The fraction of sp³-hybridized carbons (Fsp3) is 0.271. The van der Waals surface area contributed by atoms with E-state index in [1.807, 2.05) is 57.2 Å². The Balaban J connectivity index is 0.949. The van der Waals surface area contributed by atoms with Crippen LogP contribution in [0.3, 0.4) is 0 Å². The summed E-state index contributed by atoms with van der Waals surface area (Å²) in [5, 5.41) is 19.4. The molecule has 9 aromatic rings. The molecular weight excluding hydrogens is 1200 g/mol. The van der Waals surface area contributed by atoms with E-state index in [1.54, 1.807) is 112 Å². The van der Waals surface area contributed by atoms with Crippen LogP contribution in [0.15, 0.2) is 127 Å². The van der Waals surface area contributed by atoms with Gasteiger partial charge < -0.3 is 78.3 Å². The minimum Gasteiger partial charge on any atom is -0.497 e. The van der Waals surface area contributed by atoms with Gasteiger partial charge in [-0.05, 0) is 164 Å². The highest BCUT2D eigenvalue weighted by atomic mass is 16.5. The number of hydrogen-bond donors (Lipinski definition) is 12. The standard InChI is InChI=1S/C70H76N12O12/c1-37-49(52-31-46(92-4)19-22-55(52)74-37)34-64(86)80-58(25-28-61(71)83)68(89)77-43-13-7-40(8-14-43)67(41-9-15-44(16-10-41)78-69(90)59(26-29-62(72)84)81-65(87)35-50-38(2)75-56-23-20-47(93-5)32-53(50)56)42-11-17-45(18-12-42)79-70(91)60(27-30-63(73)85)82-66(88)36-51-39(3)76-57-24-21-48(94-6)33-54(51)57/h7-24,31-33,58-60,67,74-76H,25-30,34-36H2,1-6H3,(H2,71,83)(H2,72,84)(H2,73,85)(H,77,89)(H,78,90)(H,79,91)(H,80,86)(H,81,87)(H,82,88)/t58-,59-,60-/m0/s1. The van der Waals surface area contributed by atoms with E-state index in [0.717, 1.165) is 66.5 Å². The van der Waals surface area contributed by atoms with Gasteiger partial charge in [0.2, 0.25) is 53.2 Å². The highest BCUT2D eigenvalue weighted by Gasteiger charge is 2.28. The largest absolute Gasteiger partial charge is 0.497 e. The molecule has 94 heavy (non-hydrogen) atoms. The highest BCUT2D eigenvalue weighted by Crippen LogP contribution is 2.35. The zero-order valence-corrected chi connectivity index (χ0v) is 52.9. The molecule has 0 saturated carbocycles. The number of nitrogens with one attached hydrogen (secondary N) is 9. The maximum atomic E-state index is 14.1. The van der Waals surface area contributed by atoms with E-state index in [9.17, 15) is 43.2 Å². The molecule has 0 unspecified atom stereocenters. The molecule has 3 atom stereocenters. The lowest BCUT2D eigenvalue weighted by molar-refractivity contribution is -0.126. The lowest BCUT2D eigenvalue weighted by Gasteiger charge is -2.22. The van der Waals surface area contributed by atoms with Crippen molar-refractivity contribution in [3.8, 4) is 17.2 Å². The Kier molecular flexibility index (Phi) is 21.5. The van der Waals surface area contributed by atoms with Crippen LogP contribution in [0, 0.1) is 20.8 Å². The molecule has 0 aliphatic rings. The van der Waals surface area contributed by atoms with Crippen LogP contribution in [0.5, 0.6) is 17.2 Å². The number of ether oxygens (including phenoxy) is 3. The number of amides is 9. The minimum absolute atomic E-state index is 0.0737. The summed E-state index contributed by atoms with van der Waals surface area (Å²) >= 11 is 0. The molecule has 9 rings (SSSR count). The molecule has 0 aliphatic carbocycles. The number of methoxy groups -OCH3 is 3. The van der Waals surface area contributed by atoms with Gasteiger partial charge in [-0.2, -0.15) is 0 Å². The van der Waals surface area contributed by atoms with Crippen molar-refractivity contribution in [2.75, 3.05) is 37.3 Å². The van der Waals surface area contributed by atoms with E-state index < -0.39 is 77.2 Å². The van der Waals surface area contributed by atoms with Gasteiger partial charge in [0.1, 0.15) is 35.4 Å². The maximum Gasteiger partial charge on any atom is 0.246 e. The van der Waals surface area contributed by atoms with Crippen molar-refractivity contribution in [2.24, 2.45) is 17.2 Å². The van der Waals surface area contributed by atoms with Crippen molar-refractivity contribution < 1.29 is 57.4 Å². The fourth-order valence-electron chi connectivity index (χ4n) is 11.6. The van der Waals surface area contributed by atoms with E-state index in [0.29, 0.717) is 51.0 Å². The number of fused-ring (bicyclic) bond motifs is 3. The molecule has 0 fully saturated rings. The SMILES string of the molecule is COc1ccc2[nH]c(C)c(CC(=O)N[C@@H](CCC(N)=O)C(=O)Nc3ccc(C(c4ccc(NC(=O)[C@H](CCC(N)=O)NC(=O)Cc5c(C)[nH]c6ccc(OC)cc56)cc4)c4ccc(NC(=O)[C@H](CCC(N)=O)NC(=O)Cc5c(C)[nH]c6ccc(OC)cc56)cc4)cc3)c2c1. The number of aromatic amines is 3. The molecule has 0 aliphatic heterocycles. The molecule has 0 saturated heterocycles. The third-order valence-corrected chi connectivity index (χ3v) is 16.5. The average Bonchev–Trinajstić information content (AvgIpc) is 1.31. The van der Waals surface area contributed by atoms with Crippen LogP contribution < -0.4 is 63.3 Å². The second kappa shape index (κ2) is 30.1. The van der Waals surface area contributed by atoms with E-state index in [-0.39, 0.29) is 57.8 Å². The Labute approximate surface area is 541 Å². The molecule has 0 bridgehead atoms. The average molecular weight is 1280 g/mol. The predicted molar refractivity (Wildman–Crippen MR) is 357 cm³/mol. The lowest BCUT2D eigenvalue weighted by Crippen LogP contribution is -2.45. The zero-order chi connectivity index (χ0) is 67.3. The molecule has 0 spiro atoms. The predicted octanol–water partition coefficient (Wildman–Crippen LogP) is 7.06. The third kappa shape index (κ3) is 16.7. The molecular formula is C70H76N12O12. The molecule has 3 aromatic heterocycles. The summed E-state index contributed by atoms with van der Waals surface area (Å²) in [4.78, 5) is 129.